The normalized spacial score (nSPS) is 11.7. The molecule has 1 aromatic carbocycles. The van der Waals surface area contributed by atoms with E-state index in [1.54, 1.807) is 0 Å². The molecule has 0 aliphatic carbocycles. The summed E-state index contributed by atoms with van der Waals surface area (Å²) in [5.41, 5.74) is 0.837. The minimum Gasteiger partial charge on any atom is -0.207 e. The van der Waals surface area contributed by atoms with Crippen LogP contribution in [0.5, 0.6) is 0 Å². The van der Waals surface area contributed by atoms with Gasteiger partial charge in [0.1, 0.15) is 9.23 Å². The molecule has 1 N–H and O–H groups in total. The molecule has 0 unspecified atom stereocenters. The third-order valence-electron chi connectivity index (χ3n) is 2.33. The van der Waals surface area contributed by atoms with Gasteiger partial charge in [-0.3, -0.25) is 0 Å². The average Bonchev–Trinajstić information content (AvgIpc) is 2.68. The van der Waals surface area contributed by atoms with Crippen LogP contribution in [0.4, 0.5) is 0 Å². The molecule has 102 valence electrons. The van der Waals surface area contributed by atoms with Crippen LogP contribution in [0, 0.1) is 0 Å². The van der Waals surface area contributed by atoms with Crippen molar-refractivity contribution in [2.75, 3.05) is 0 Å². The van der Waals surface area contributed by atoms with Crippen molar-refractivity contribution in [3.05, 3.63) is 49.0 Å². The monoisotopic (exact) mass is 399 g/mol. The standard InChI is InChI=1S/C11H8BrCl2NO2S2/c12-8-4-2-1-3-7(8)6-15-19(16,17)9-5-10(13)18-11(9)14/h1-5,15H,6H2. The Hall–Kier alpha value is -0.110. The third-order valence-corrected chi connectivity index (χ3v) is 6.25. The van der Waals surface area contributed by atoms with E-state index in [0.717, 1.165) is 21.4 Å². The van der Waals surface area contributed by atoms with Crippen molar-refractivity contribution >= 4 is 60.5 Å². The van der Waals surface area contributed by atoms with Crippen molar-refractivity contribution in [2.45, 2.75) is 11.4 Å². The van der Waals surface area contributed by atoms with Crippen LogP contribution >= 0.6 is 50.5 Å². The van der Waals surface area contributed by atoms with E-state index in [9.17, 15) is 8.42 Å². The van der Waals surface area contributed by atoms with Gasteiger partial charge in [-0.05, 0) is 17.7 Å². The summed E-state index contributed by atoms with van der Waals surface area (Å²) < 4.78 is 28.0. The summed E-state index contributed by atoms with van der Waals surface area (Å²) in [4.78, 5) is 0.0104. The zero-order valence-electron chi connectivity index (χ0n) is 9.36. The number of benzene rings is 1. The van der Waals surface area contributed by atoms with Gasteiger partial charge in [0.05, 0.1) is 4.34 Å². The van der Waals surface area contributed by atoms with Gasteiger partial charge in [-0.25, -0.2) is 13.1 Å². The molecule has 0 radical (unpaired) electrons. The van der Waals surface area contributed by atoms with Crippen LogP contribution in [0.3, 0.4) is 0 Å². The lowest BCUT2D eigenvalue weighted by atomic mass is 10.2. The lowest BCUT2D eigenvalue weighted by Gasteiger charge is -2.07. The Morgan fingerprint density at radius 1 is 1.26 bits per heavy atom. The molecular formula is C11H8BrCl2NO2S2. The van der Waals surface area contributed by atoms with E-state index >= 15 is 0 Å². The molecule has 0 aliphatic heterocycles. The molecule has 0 fully saturated rings. The fraction of sp³-hybridized carbons (Fsp3) is 0.0909. The number of sulfonamides is 1. The maximum Gasteiger partial charge on any atom is 0.243 e. The quantitative estimate of drug-likeness (QED) is 0.831. The zero-order valence-corrected chi connectivity index (χ0v) is 14.1. The number of halogens is 3. The highest BCUT2D eigenvalue weighted by Crippen LogP contribution is 2.34. The van der Waals surface area contributed by atoms with Crippen molar-refractivity contribution in [2.24, 2.45) is 0 Å². The second-order valence-electron chi connectivity index (χ2n) is 3.60. The summed E-state index contributed by atoms with van der Waals surface area (Å²) >= 11 is 16.0. The van der Waals surface area contributed by atoms with E-state index in [2.05, 4.69) is 20.7 Å². The lowest BCUT2D eigenvalue weighted by molar-refractivity contribution is 0.581. The summed E-state index contributed by atoms with van der Waals surface area (Å²) in [6, 6.07) is 8.71. The van der Waals surface area contributed by atoms with Crippen LogP contribution in [-0.4, -0.2) is 8.42 Å². The van der Waals surface area contributed by atoms with E-state index in [1.165, 1.54) is 6.07 Å². The van der Waals surface area contributed by atoms with E-state index in [0.29, 0.717) is 4.34 Å². The molecule has 0 saturated carbocycles. The highest BCUT2D eigenvalue weighted by molar-refractivity contribution is 9.10. The highest BCUT2D eigenvalue weighted by Gasteiger charge is 2.20. The zero-order chi connectivity index (χ0) is 14.0. The fourth-order valence-corrected chi connectivity index (χ4v) is 4.98. The minimum atomic E-state index is -3.66. The molecule has 1 aromatic heterocycles. The van der Waals surface area contributed by atoms with Crippen molar-refractivity contribution in [3.63, 3.8) is 0 Å². The molecule has 0 spiro atoms. The minimum absolute atomic E-state index is 0.0104. The Balaban J connectivity index is 2.19. The van der Waals surface area contributed by atoms with Crippen molar-refractivity contribution in [1.29, 1.82) is 0 Å². The molecule has 3 nitrogen and oxygen atoms in total. The van der Waals surface area contributed by atoms with Crippen LogP contribution in [0.1, 0.15) is 5.56 Å². The predicted octanol–water partition coefficient (Wildman–Crippen LogP) is 4.30. The fourth-order valence-electron chi connectivity index (χ4n) is 1.40. The molecule has 2 aromatic rings. The Labute approximate surface area is 133 Å². The molecule has 0 aliphatic rings. The van der Waals surface area contributed by atoms with Gasteiger partial charge in [0.2, 0.25) is 10.0 Å². The van der Waals surface area contributed by atoms with Gasteiger partial charge >= 0.3 is 0 Å². The van der Waals surface area contributed by atoms with Crippen LogP contribution in [0.25, 0.3) is 0 Å². The van der Waals surface area contributed by atoms with E-state index in [-0.39, 0.29) is 15.8 Å². The number of rotatable bonds is 4. The largest absolute Gasteiger partial charge is 0.243 e. The maximum atomic E-state index is 12.1. The first kappa shape index (κ1) is 15.3. The third kappa shape index (κ3) is 3.71. The second kappa shape index (κ2) is 6.11. The molecule has 0 atom stereocenters. The van der Waals surface area contributed by atoms with E-state index in [1.807, 2.05) is 24.3 Å². The van der Waals surface area contributed by atoms with Gasteiger partial charge in [-0.2, -0.15) is 0 Å². The van der Waals surface area contributed by atoms with Crippen molar-refractivity contribution in [3.8, 4) is 0 Å². The van der Waals surface area contributed by atoms with E-state index < -0.39 is 10.0 Å². The Morgan fingerprint density at radius 2 is 1.95 bits per heavy atom. The van der Waals surface area contributed by atoms with Crippen molar-refractivity contribution in [1.82, 2.24) is 4.72 Å². The Bertz CT molecular complexity index is 700. The topological polar surface area (TPSA) is 46.2 Å². The molecule has 8 heteroatoms. The Morgan fingerprint density at radius 3 is 2.53 bits per heavy atom. The smallest absolute Gasteiger partial charge is 0.207 e. The summed E-state index contributed by atoms with van der Waals surface area (Å²) in [6.07, 6.45) is 0. The first-order valence-electron chi connectivity index (χ1n) is 5.08. The van der Waals surface area contributed by atoms with Gasteiger partial charge in [0, 0.05) is 11.0 Å². The second-order valence-corrected chi connectivity index (χ2v) is 8.48. The van der Waals surface area contributed by atoms with Gasteiger partial charge in [-0.1, -0.05) is 57.3 Å². The number of thiophene rings is 1. The number of hydrogen-bond donors (Lipinski definition) is 1. The molecule has 2 rings (SSSR count). The first-order chi connectivity index (χ1) is 8.90. The van der Waals surface area contributed by atoms with Gasteiger partial charge in [0.15, 0.2) is 0 Å². The number of nitrogens with one attached hydrogen (secondary N) is 1. The predicted molar refractivity (Wildman–Crippen MR) is 82.5 cm³/mol. The lowest BCUT2D eigenvalue weighted by Crippen LogP contribution is -2.23. The van der Waals surface area contributed by atoms with Crippen LogP contribution in [-0.2, 0) is 16.6 Å². The van der Waals surface area contributed by atoms with E-state index in [4.69, 9.17) is 23.2 Å². The maximum absolute atomic E-state index is 12.1. The summed E-state index contributed by atoms with van der Waals surface area (Å²) in [6.45, 7) is 0.174. The van der Waals surface area contributed by atoms with Crippen LogP contribution in [0.2, 0.25) is 8.67 Å². The molecule has 0 saturated heterocycles. The molecule has 19 heavy (non-hydrogen) atoms. The molecule has 1 heterocycles. The Kier molecular flexibility index (Phi) is 4.92. The van der Waals surface area contributed by atoms with Crippen LogP contribution in [0.15, 0.2) is 39.7 Å². The van der Waals surface area contributed by atoms with Gasteiger partial charge in [-0.15, -0.1) is 11.3 Å². The van der Waals surface area contributed by atoms with Gasteiger partial charge < -0.3 is 0 Å². The molecule has 0 bridgehead atoms. The highest BCUT2D eigenvalue weighted by atomic mass is 79.9. The summed E-state index contributed by atoms with van der Waals surface area (Å²) in [5, 5.41) is 0. The molecule has 0 amide bonds. The first-order valence-corrected chi connectivity index (χ1v) is 8.93. The summed E-state index contributed by atoms with van der Waals surface area (Å²) in [7, 11) is -3.66. The molecular weight excluding hydrogens is 393 g/mol. The van der Waals surface area contributed by atoms with Crippen LogP contribution < -0.4 is 4.72 Å². The number of hydrogen-bond acceptors (Lipinski definition) is 3. The summed E-state index contributed by atoms with van der Waals surface area (Å²) in [5.74, 6) is 0. The van der Waals surface area contributed by atoms with Crippen molar-refractivity contribution < 1.29 is 8.42 Å². The average molecular weight is 401 g/mol. The van der Waals surface area contributed by atoms with Gasteiger partial charge in [0.25, 0.3) is 0 Å². The SMILES string of the molecule is O=S(=O)(NCc1ccccc1Br)c1cc(Cl)sc1Cl.